The average molecular weight is 500 g/mol. The number of benzene rings is 2. The molecule has 3 saturated heterocycles. The Kier molecular flexibility index (Phi) is 4.67. The fraction of sp³-hybridized carbons (Fsp3) is 0.360. The minimum absolute atomic E-state index is 0.154. The second-order valence-electron chi connectivity index (χ2n) is 9.64. The molecule has 1 aromatic heterocycles. The number of hydrogen-bond acceptors (Lipinski definition) is 10. The number of carbonyl (C=O) groups is 1. The molecule has 190 valence electrons. The molecule has 0 spiro atoms. The molecule has 11 nitrogen and oxygen atoms in total. The van der Waals surface area contributed by atoms with Crippen LogP contribution in [0.25, 0.3) is 22.3 Å². The van der Waals surface area contributed by atoms with Gasteiger partial charge in [0.1, 0.15) is 22.3 Å². The van der Waals surface area contributed by atoms with Gasteiger partial charge in [-0.1, -0.05) is 30.3 Å². The standard InChI is InChI=1S/C25H24O11/c1-21(31)23(3)22(2,32)25(35-23,20(29)30)36-24(21,4)34-16-11-15-17(19(28)18(16)27)13(26)10-14(33-15)12-8-6-5-7-9-12/h5-11,27-28,31-32H,1-4H3,(H,29,30)/t21?,22-,23-,24+,25?/m0/s1. The summed E-state index contributed by atoms with van der Waals surface area (Å²) >= 11 is 0. The summed E-state index contributed by atoms with van der Waals surface area (Å²) in [5.41, 5.74) is -6.48. The van der Waals surface area contributed by atoms with Gasteiger partial charge in [-0.3, -0.25) is 9.53 Å². The molecule has 2 unspecified atom stereocenters. The Hall–Kier alpha value is -3.64. The lowest BCUT2D eigenvalue weighted by Crippen LogP contribution is -2.97. The predicted octanol–water partition coefficient (Wildman–Crippen LogP) is 2.07. The van der Waals surface area contributed by atoms with Crippen molar-refractivity contribution < 1.29 is 49.0 Å². The summed E-state index contributed by atoms with van der Waals surface area (Å²) in [7, 11) is 0. The van der Waals surface area contributed by atoms with Crippen molar-refractivity contribution in [3.8, 4) is 28.6 Å². The molecule has 5 N–H and O–H groups in total. The molecule has 2 aromatic carbocycles. The van der Waals surface area contributed by atoms with Crippen LogP contribution < -0.4 is 10.2 Å². The van der Waals surface area contributed by atoms with Gasteiger partial charge in [0.15, 0.2) is 28.1 Å². The van der Waals surface area contributed by atoms with Crippen molar-refractivity contribution in [2.24, 2.45) is 0 Å². The molecule has 2 bridgehead atoms. The van der Waals surface area contributed by atoms with E-state index in [9.17, 15) is 35.1 Å². The summed E-state index contributed by atoms with van der Waals surface area (Å²) in [4.78, 5) is 24.8. The van der Waals surface area contributed by atoms with E-state index in [4.69, 9.17) is 18.6 Å². The van der Waals surface area contributed by atoms with Crippen molar-refractivity contribution in [1.82, 2.24) is 0 Å². The number of carboxylic acids is 1. The van der Waals surface area contributed by atoms with E-state index < -0.39 is 57.0 Å². The number of rotatable bonds is 4. The zero-order valence-corrected chi connectivity index (χ0v) is 19.7. The first-order chi connectivity index (χ1) is 16.6. The van der Waals surface area contributed by atoms with Crippen LogP contribution in [-0.4, -0.2) is 59.9 Å². The van der Waals surface area contributed by atoms with Crippen LogP contribution in [0, 0.1) is 0 Å². The van der Waals surface area contributed by atoms with Crippen LogP contribution in [0.2, 0.25) is 0 Å². The number of fused-ring (bicyclic) bond motifs is 3. The Morgan fingerprint density at radius 2 is 1.56 bits per heavy atom. The Labute approximate surface area is 203 Å². The molecular formula is C25H24O11. The van der Waals surface area contributed by atoms with Gasteiger partial charge in [-0.2, -0.15) is 0 Å². The molecule has 0 radical (unpaired) electrons. The number of ether oxygens (including phenoxy) is 3. The summed E-state index contributed by atoms with van der Waals surface area (Å²) in [6.45, 7) is 4.84. The lowest BCUT2D eigenvalue weighted by molar-refractivity contribution is -0.579. The van der Waals surface area contributed by atoms with E-state index in [1.165, 1.54) is 20.8 Å². The normalized spacial score (nSPS) is 35.3. The number of aliphatic hydroxyl groups is 2. The first-order valence-electron chi connectivity index (χ1n) is 11.0. The van der Waals surface area contributed by atoms with E-state index >= 15 is 0 Å². The topological polar surface area (TPSA) is 176 Å². The highest BCUT2D eigenvalue weighted by molar-refractivity contribution is 5.89. The third kappa shape index (κ3) is 2.65. The summed E-state index contributed by atoms with van der Waals surface area (Å²) < 4.78 is 22.6. The average Bonchev–Trinajstić information content (AvgIpc) is 2.80. The second kappa shape index (κ2) is 6.98. The second-order valence-corrected chi connectivity index (χ2v) is 9.64. The van der Waals surface area contributed by atoms with E-state index in [-0.39, 0.29) is 16.7 Å². The summed E-state index contributed by atoms with van der Waals surface area (Å²) in [5, 5.41) is 53.1. The summed E-state index contributed by atoms with van der Waals surface area (Å²) in [6, 6.07) is 11.0. The van der Waals surface area contributed by atoms with Crippen LogP contribution in [0.15, 0.2) is 51.7 Å². The first kappa shape index (κ1) is 24.1. The quantitative estimate of drug-likeness (QED) is 0.331. The zero-order chi connectivity index (χ0) is 26.5. The van der Waals surface area contributed by atoms with Crippen LogP contribution >= 0.6 is 0 Å². The first-order valence-corrected chi connectivity index (χ1v) is 11.0. The molecular weight excluding hydrogens is 476 g/mol. The molecule has 3 aliphatic rings. The molecule has 3 fully saturated rings. The van der Waals surface area contributed by atoms with E-state index in [0.717, 1.165) is 19.1 Å². The largest absolute Gasteiger partial charge is 0.504 e. The third-order valence-corrected chi connectivity index (χ3v) is 7.65. The lowest BCUT2D eigenvalue weighted by atomic mass is 9.58. The Morgan fingerprint density at radius 3 is 2.14 bits per heavy atom. The molecule has 0 amide bonds. The van der Waals surface area contributed by atoms with Gasteiger partial charge in [0.25, 0.3) is 0 Å². The van der Waals surface area contributed by atoms with Crippen LogP contribution in [0.1, 0.15) is 27.7 Å². The molecule has 4 heterocycles. The monoisotopic (exact) mass is 500 g/mol. The maximum absolute atomic E-state index is 12.7. The molecule has 6 rings (SSSR count). The molecule has 36 heavy (non-hydrogen) atoms. The lowest BCUT2D eigenvalue weighted by Gasteiger charge is -2.73. The highest BCUT2D eigenvalue weighted by Gasteiger charge is 2.90. The number of hydrogen-bond donors (Lipinski definition) is 5. The third-order valence-electron chi connectivity index (χ3n) is 7.65. The van der Waals surface area contributed by atoms with E-state index in [0.29, 0.717) is 5.56 Å². The van der Waals surface area contributed by atoms with Crippen LogP contribution in [0.5, 0.6) is 17.2 Å². The Balaban J connectivity index is 1.65. The Bertz CT molecular complexity index is 1470. The molecule has 5 atom stereocenters. The van der Waals surface area contributed by atoms with Crippen molar-refractivity contribution in [1.29, 1.82) is 0 Å². The number of aromatic hydroxyl groups is 2. The molecule has 0 aliphatic carbocycles. The number of phenols is 2. The van der Waals surface area contributed by atoms with Crippen LogP contribution in [0.4, 0.5) is 0 Å². The fourth-order valence-electron chi connectivity index (χ4n) is 4.97. The molecule has 3 aliphatic heterocycles. The molecule has 11 heteroatoms. The van der Waals surface area contributed by atoms with Gasteiger partial charge in [0.05, 0.1) is 0 Å². The van der Waals surface area contributed by atoms with Crippen molar-refractivity contribution in [2.75, 3.05) is 0 Å². The van der Waals surface area contributed by atoms with Crippen molar-refractivity contribution >= 4 is 16.9 Å². The van der Waals surface area contributed by atoms with E-state index in [1.807, 2.05) is 0 Å². The maximum Gasteiger partial charge on any atom is 0.367 e. The van der Waals surface area contributed by atoms with Gasteiger partial charge in [-0.15, -0.1) is 0 Å². The van der Waals surface area contributed by atoms with Crippen molar-refractivity contribution in [3.05, 3.63) is 52.7 Å². The highest BCUT2D eigenvalue weighted by Crippen LogP contribution is 2.65. The van der Waals surface area contributed by atoms with Crippen LogP contribution in [-0.2, 0) is 14.3 Å². The van der Waals surface area contributed by atoms with Gasteiger partial charge in [-0.25, -0.2) is 4.79 Å². The minimum Gasteiger partial charge on any atom is -0.504 e. The number of aliphatic carboxylic acids is 1. The summed E-state index contributed by atoms with van der Waals surface area (Å²) in [5.74, 6) is -8.53. The van der Waals surface area contributed by atoms with E-state index in [2.05, 4.69) is 0 Å². The molecule has 0 saturated carbocycles. The Morgan fingerprint density at radius 1 is 0.917 bits per heavy atom. The smallest absolute Gasteiger partial charge is 0.367 e. The SMILES string of the molecule is CC1(O)[C@](C)(Oc2cc3oc(-c4ccccc4)cc(=O)c3c(O)c2O)OC2(C(=O)O)O[C@]1(C)[C@]2(C)O. The number of phenolic OH excluding ortho intramolecular Hbond substituents is 2. The van der Waals surface area contributed by atoms with Gasteiger partial charge < -0.3 is 39.4 Å². The predicted molar refractivity (Wildman–Crippen MR) is 122 cm³/mol. The summed E-state index contributed by atoms with van der Waals surface area (Å²) in [6.07, 6.45) is 0. The van der Waals surface area contributed by atoms with Gasteiger partial charge in [-0.05, 0) is 20.8 Å². The van der Waals surface area contributed by atoms with E-state index in [1.54, 1.807) is 30.3 Å². The highest BCUT2D eigenvalue weighted by atomic mass is 16.9. The maximum atomic E-state index is 12.7. The zero-order valence-electron chi connectivity index (χ0n) is 19.7. The number of carboxylic acid groups (broad SMARTS) is 1. The van der Waals surface area contributed by atoms with Gasteiger partial charge >= 0.3 is 11.8 Å². The van der Waals surface area contributed by atoms with Crippen molar-refractivity contribution in [3.63, 3.8) is 0 Å². The molecule has 3 aromatic rings. The van der Waals surface area contributed by atoms with Crippen molar-refractivity contribution in [2.45, 2.75) is 56.1 Å². The minimum atomic E-state index is -2.60. The fourth-order valence-corrected chi connectivity index (χ4v) is 4.97. The van der Waals surface area contributed by atoms with Crippen LogP contribution in [0.3, 0.4) is 0 Å². The van der Waals surface area contributed by atoms with Gasteiger partial charge in [0, 0.05) is 24.6 Å². The van der Waals surface area contributed by atoms with Gasteiger partial charge in [0.2, 0.25) is 11.5 Å².